The number of nitrogen functional groups attached to an aromatic ring is 1. The molecule has 23 heavy (non-hydrogen) atoms. The Labute approximate surface area is 133 Å². The van der Waals surface area contributed by atoms with E-state index in [1.165, 1.54) is 0 Å². The second-order valence-electron chi connectivity index (χ2n) is 4.99. The quantitative estimate of drug-likeness (QED) is 0.403. The van der Waals surface area contributed by atoms with E-state index in [1.807, 2.05) is 0 Å². The zero-order chi connectivity index (χ0) is 17.0. The molecule has 0 bridgehead atoms. The maximum Gasteiger partial charge on any atom is 0.292 e. The summed E-state index contributed by atoms with van der Waals surface area (Å²) >= 11 is 3.38. The molecule has 1 fully saturated rings. The lowest BCUT2D eigenvalue weighted by molar-refractivity contribution is -0.226. The predicted molar refractivity (Wildman–Crippen MR) is 75.7 cm³/mol. The molecule has 10 nitrogen and oxygen atoms in total. The van der Waals surface area contributed by atoms with Crippen molar-refractivity contribution in [2.75, 3.05) is 12.3 Å². The number of carbonyl (C=O) groups excluding carboxylic acids is 1. The van der Waals surface area contributed by atoms with Gasteiger partial charge in [-0.25, -0.2) is 19.3 Å². The number of hydrogen-bond acceptors (Lipinski definition) is 9. The van der Waals surface area contributed by atoms with Gasteiger partial charge in [0.05, 0.1) is 12.9 Å². The molecule has 0 aromatic carbocycles. The van der Waals surface area contributed by atoms with Crippen LogP contribution in [0.15, 0.2) is 12.7 Å². The molecule has 2 aromatic rings. The standard InChI is InChI=1S/C11H12FN5O5S/c12-11(21)8(22-4(1-18)10(11,20)9(19)23)17-3-16-5-6(13)14-2-15-7(5)17/h2-4,8,18,20-21H,1H2,(H,19,23)(H2,13,14,15)/t4-,8-,10+,11+/m1/s1. The molecule has 1 saturated heterocycles. The topological polar surface area (TPSA) is 157 Å². The fraction of sp³-hybridized carbons (Fsp3) is 0.455. The summed E-state index contributed by atoms with van der Waals surface area (Å²) in [4.78, 5) is 23.0. The summed E-state index contributed by atoms with van der Waals surface area (Å²) < 4.78 is 20.9. The van der Waals surface area contributed by atoms with E-state index in [-0.39, 0.29) is 17.0 Å². The first kappa shape index (κ1) is 16.0. The van der Waals surface area contributed by atoms with Crippen molar-refractivity contribution in [1.82, 2.24) is 19.5 Å². The predicted octanol–water partition coefficient (Wildman–Crippen LogP) is -1.86. The Morgan fingerprint density at radius 3 is 2.74 bits per heavy atom. The number of nitrogens with zero attached hydrogens (tertiary/aromatic N) is 4. The van der Waals surface area contributed by atoms with E-state index < -0.39 is 35.5 Å². The van der Waals surface area contributed by atoms with Crippen LogP contribution in [0.25, 0.3) is 11.2 Å². The molecule has 0 unspecified atom stereocenters. The Hall–Kier alpha value is -1.86. The summed E-state index contributed by atoms with van der Waals surface area (Å²) in [6, 6.07) is 0. The maximum atomic E-state index is 14.9. The van der Waals surface area contributed by atoms with E-state index in [9.17, 15) is 24.5 Å². The highest BCUT2D eigenvalue weighted by Crippen LogP contribution is 2.48. The molecule has 5 N–H and O–H groups in total. The number of ether oxygens (including phenoxy) is 1. The number of hydrogen-bond donors (Lipinski definition) is 5. The molecular weight excluding hydrogens is 333 g/mol. The van der Waals surface area contributed by atoms with Crippen LogP contribution in [0.1, 0.15) is 6.23 Å². The normalized spacial score (nSPS) is 34.1. The van der Waals surface area contributed by atoms with Gasteiger partial charge in [0.25, 0.3) is 5.85 Å². The van der Waals surface area contributed by atoms with E-state index >= 15 is 0 Å². The van der Waals surface area contributed by atoms with Crippen LogP contribution in [0.4, 0.5) is 10.2 Å². The molecule has 0 radical (unpaired) electrons. The number of aromatic nitrogens is 4. The van der Waals surface area contributed by atoms with Crippen LogP contribution in [0.3, 0.4) is 0 Å². The average molecular weight is 345 g/mol. The number of halogens is 1. The number of carbonyl (C=O) groups is 1. The molecule has 3 rings (SSSR count). The first-order valence-corrected chi connectivity index (χ1v) is 6.76. The van der Waals surface area contributed by atoms with Crippen LogP contribution in [-0.4, -0.2) is 64.1 Å². The second kappa shape index (κ2) is 5.07. The number of aliphatic hydroxyl groups excluding tert-OH is 1. The number of thiol groups is 1. The first-order valence-electron chi connectivity index (χ1n) is 6.31. The van der Waals surface area contributed by atoms with Gasteiger partial charge in [0.1, 0.15) is 17.9 Å². The van der Waals surface area contributed by atoms with Crippen LogP contribution in [-0.2, 0) is 9.53 Å². The van der Waals surface area contributed by atoms with Gasteiger partial charge in [0.2, 0.25) is 10.7 Å². The highest BCUT2D eigenvalue weighted by Gasteiger charge is 2.71. The molecule has 0 spiro atoms. The van der Waals surface area contributed by atoms with Crippen molar-refractivity contribution in [2.24, 2.45) is 0 Å². The monoisotopic (exact) mass is 345 g/mol. The molecule has 3 heterocycles. The smallest absolute Gasteiger partial charge is 0.292 e. The third-order valence-electron chi connectivity index (χ3n) is 3.75. The highest BCUT2D eigenvalue weighted by molar-refractivity contribution is 7.96. The lowest BCUT2D eigenvalue weighted by atomic mass is 9.91. The van der Waals surface area contributed by atoms with Gasteiger partial charge in [0.15, 0.2) is 17.7 Å². The number of nitrogens with two attached hydrogens (primary N) is 1. The molecule has 12 heteroatoms. The highest BCUT2D eigenvalue weighted by atomic mass is 32.1. The van der Waals surface area contributed by atoms with Crippen molar-refractivity contribution in [1.29, 1.82) is 0 Å². The third-order valence-corrected chi connectivity index (χ3v) is 4.09. The van der Waals surface area contributed by atoms with Gasteiger partial charge in [-0.3, -0.25) is 9.36 Å². The minimum atomic E-state index is -3.60. The Kier molecular flexibility index (Phi) is 3.53. The Bertz CT molecular complexity index is 785. The van der Waals surface area contributed by atoms with E-state index in [0.717, 1.165) is 17.2 Å². The molecule has 0 aliphatic carbocycles. The van der Waals surface area contributed by atoms with E-state index in [2.05, 4.69) is 27.6 Å². The maximum absolute atomic E-state index is 14.9. The first-order chi connectivity index (χ1) is 10.7. The zero-order valence-corrected chi connectivity index (χ0v) is 12.3. The minimum absolute atomic E-state index is 0.00567. The van der Waals surface area contributed by atoms with Crippen molar-refractivity contribution >= 4 is 34.7 Å². The minimum Gasteiger partial charge on any atom is -0.394 e. The van der Waals surface area contributed by atoms with Gasteiger partial charge in [0, 0.05) is 0 Å². The molecule has 124 valence electrons. The van der Waals surface area contributed by atoms with Crippen molar-refractivity contribution in [3.8, 4) is 0 Å². The second-order valence-corrected chi connectivity index (χ2v) is 5.39. The van der Waals surface area contributed by atoms with Crippen LogP contribution in [0.5, 0.6) is 0 Å². The van der Waals surface area contributed by atoms with Gasteiger partial charge in [-0.15, -0.1) is 12.6 Å². The van der Waals surface area contributed by atoms with Gasteiger partial charge in [-0.05, 0) is 0 Å². The van der Waals surface area contributed by atoms with Crippen LogP contribution in [0.2, 0.25) is 0 Å². The van der Waals surface area contributed by atoms with Crippen LogP contribution >= 0.6 is 12.6 Å². The van der Waals surface area contributed by atoms with Gasteiger partial charge in [-0.2, -0.15) is 0 Å². The van der Waals surface area contributed by atoms with Crippen molar-refractivity contribution in [2.45, 2.75) is 23.8 Å². The number of fused-ring (bicyclic) bond motifs is 1. The summed E-state index contributed by atoms with van der Waals surface area (Å²) in [5.41, 5.74) is 2.65. The average Bonchev–Trinajstić information content (AvgIpc) is 2.99. The number of anilines is 1. The fourth-order valence-corrected chi connectivity index (χ4v) is 2.81. The number of aliphatic hydroxyl groups is 3. The SMILES string of the molecule is Nc1ncnc2c1ncn2[C@@H]1O[C@H](CO)[C@](O)(C(=O)S)[C@]1(O)F. The lowest BCUT2D eigenvalue weighted by Crippen LogP contribution is -2.60. The van der Waals surface area contributed by atoms with Crippen LogP contribution < -0.4 is 5.73 Å². The largest absolute Gasteiger partial charge is 0.394 e. The van der Waals surface area contributed by atoms with Gasteiger partial charge < -0.3 is 25.8 Å². The van der Waals surface area contributed by atoms with Gasteiger partial charge >= 0.3 is 0 Å². The van der Waals surface area contributed by atoms with Crippen molar-refractivity contribution in [3.05, 3.63) is 12.7 Å². The Morgan fingerprint density at radius 2 is 2.17 bits per heavy atom. The number of alkyl halides is 1. The summed E-state index contributed by atoms with van der Waals surface area (Å²) in [6.07, 6.45) is -1.53. The Balaban J connectivity index is 2.16. The van der Waals surface area contributed by atoms with E-state index in [1.54, 1.807) is 0 Å². The molecule has 1 aliphatic rings. The molecule has 1 aliphatic heterocycles. The summed E-state index contributed by atoms with van der Waals surface area (Å²) in [5, 5.41) is 28.2. The van der Waals surface area contributed by atoms with Crippen molar-refractivity contribution < 1.29 is 29.2 Å². The van der Waals surface area contributed by atoms with Crippen LogP contribution in [0, 0.1) is 0 Å². The summed E-state index contributed by atoms with van der Waals surface area (Å²) in [6.45, 7) is -0.935. The zero-order valence-electron chi connectivity index (χ0n) is 11.4. The third kappa shape index (κ3) is 1.96. The summed E-state index contributed by atoms with van der Waals surface area (Å²) in [7, 11) is 0. The number of rotatable bonds is 3. The molecule has 0 amide bonds. The molecule has 2 aromatic heterocycles. The molecule has 4 atom stereocenters. The van der Waals surface area contributed by atoms with Gasteiger partial charge in [-0.1, -0.05) is 0 Å². The Morgan fingerprint density at radius 1 is 1.48 bits per heavy atom. The molecular formula is C11H12FN5O5S. The molecule has 0 saturated carbocycles. The lowest BCUT2D eigenvalue weighted by Gasteiger charge is -2.31. The number of imidazole rings is 1. The summed E-state index contributed by atoms with van der Waals surface area (Å²) in [5.74, 6) is -3.60. The van der Waals surface area contributed by atoms with E-state index in [0.29, 0.717) is 0 Å². The van der Waals surface area contributed by atoms with E-state index in [4.69, 9.17) is 10.5 Å². The van der Waals surface area contributed by atoms with Crippen molar-refractivity contribution in [3.63, 3.8) is 0 Å². The fourth-order valence-electron chi connectivity index (χ4n) is 2.51.